The molecule has 0 aliphatic carbocycles. The molecule has 0 spiro atoms. The van der Waals surface area contributed by atoms with Crippen molar-refractivity contribution in [1.29, 1.82) is 0 Å². The Morgan fingerprint density at radius 1 is 1.08 bits per heavy atom. The van der Waals surface area contributed by atoms with Gasteiger partial charge in [0.05, 0.1) is 32.0 Å². The molecule has 1 N–H and O–H groups in total. The van der Waals surface area contributed by atoms with E-state index in [1.807, 2.05) is 25.7 Å². The van der Waals surface area contributed by atoms with Gasteiger partial charge in [-0.25, -0.2) is 4.79 Å². The van der Waals surface area contributed by atoms with Gasteiger partial charge in [-0.1, -0.05) is 20.8 Å². The maximum absolute atomic E-state index is 13.2. The van der Waals surface area contributed by atoms with Crippen molar-refractivity contribution in [3.63, 3.8) is 0 Å². The number of piperazine rings is 1. The van der Waals surface area contributed by atoms with Gasteiger partial charge in [-0.3, -0.25) is 4.90 Å². The topological polar surface area (TPSA) is 68.2 Å². The van der Waals surface area contributed by atoms with Crippen LogP contribution in [0, 0.1) is 13.8 Å². The predicted octanol–water partition coefficient (Wildman–Crippen LogP) is 5.08. The normalized spacial score (nSPS) is 20.0. The van der Waals surface area contributed by atoms with Gasteiger partial charge in [-0.2, -0.15) is 0 Å². The molecule has 3 heterocycles. The highest BCUT2D eigenvalue weighted by Crippen LogP contribution is 2.53. The van der Waals surface area contributed by atoms with Gasteiger partial charge in [0.15, 0.2) is 0 Å². The first kappa shape index (κ1) is 29.3. The van der Waals surface area contributed by atoms with Crippen molar-refractivity contribution in [3.8, 4) is 0 Å². The molecule has 0 aromatic carbocycles. The molecule has 8 nitrogen and oxygen atoms in total. The predicted molar refractivity (Wildman–Crippen MR) is 154 cm³/mol. The van der Waals surface area contributed by atoms with Crippen molar-refractivity contribution < 1.29 is 18.5 Å². The number of hydrogen-bond acceptors (Lipinski definition) is 6. The summed E-state index contributed by atoms with van der Waals surface area (Å²) in [5.41, 5.74) is 2.87. The molecule has 2 aliphatic heterocycles. The largest absolute Gasteiger partial charge is 0.495 e. The van der Waals surface area contributed by atoms with E-state index >= 15 is 0 Å². The average Bonchev–Trinajstić information content (AvgIpc) is 3.13. The van der Waals surface area contributed by atoms with Crippen molar-refractivity contribution in [2.24, 2.45) is 0 Å². The van der Waals surface area contributed by atoms with E-state index in [0.717, 1.165) is 17.3 Å². The van der Waals surface area contributed by atoms with Crippen LogP contribution in [0.25, 0.3) is 5.82 Å². The third-order valence-corrected chi connectivity index (χ3v) is 10.9. The summed E-state index contributed by atoms with van der Waals surface area (Å²) in [7, 11) is 0.381. The Morgan fingerprint density at radius 3 is 2.24 bits per heavy atom. The van der Waals surface area contributed by atoms with Crippen LogP contribution in [0.2, 0.25) is 0 Å². The average molecular weight is 537 g/mol. The molecule has 1 fully saturated rings. The molecular formula is C28H48N4O4S. The summed E-state index contributed by atoms with van der Waals surface area (Å²) in [5.74, 6) is 1.84. The van der Waals surface area contributed by atoms with Crippen molar-refractivity contribution in [2.45, 2.75) is 71.8 Å². The van der Waals surface area contributed by atoms with Crippen LogP contribution in [0.3, 0.4) is 0 Å². The Balaban J connectivity index is 1.87. The summed E-state index contributed by atoms with van der Waals surface area (Å²) in [6, 6.07) is 4.10. The monoisotopic (exact) mass is 536 g/mol. The lowest BCUT2D eigenvalue weighted by Gasteiger charge is -2.48. The summed E-state index contributed by atoms with van der Waals surface area (Å²) in [6.07, 6.45) is 6.17. The first-order chi connectivity index (χ1) is 17.0. The number of nitrogens with one attached hydrogen (secondary N) is 1. The fourth-order valence-corrected chi connectivity index (χ4v) is 5.24. The van der Waals surface area contributed by atoms with Crippen molar-refractivity contribution in [2.75, 3.05) is 52.4 Å². The molecule has 0 saturated carbocycles. The van der Waals surface area contributed by atoms with Crippen LogP contribution in [0.4, 0.5) is 4.79 Å². The Kier molecular flexibility index (Phi) is 8.59. The number of rotatable bonds is 6. The second kappa shape index (κ2) is 10.8. The number of dihydropyridines is 1. The van der Waals surface area contributed by atoms with E-state index < -0.39 is 15.9 Å². The van der Waals surface area contributed by atoms with Gasteiger partial charge in [-0.05, 0) is 59.3 Å². The van der Waals surface area contributed by atoms with Gasteiger partial charge in [0.2, 0.25) is 0 Å². The van der Waals surface area contributed by atoms with Crippen LogP contribution in [-0.2, 0) is 13.7 Å². The summed E-state index contributed by atoms with van der Waals surface area (Å²) < 4.78 is 20.4. The van der Waals surface area contributed by atoms with E-state index in [1.165, 1.54) is 11.4 Å². The maximum Gasteiger partial charge on any atom is 0.410 e. The van der Waals surface area contributed by atoms with Crippen LogP contribution < -0.4 is 5.32 Å². The number of carbonyl (C=O) groups excluding carboxylic acids is 1. The second-order valence-corrected chi connectivity index (χ2v) is 16.2. The summed E-state index contributed by atoms with van der Waals surface area (Å²) in [6.45, 7) is 19.5. The minimum Gasteiger partial charge on any atom is -0.495 e. The second-order valence-electron chi connectivity index (χ2n) is 12.3. The molecule has 1 amide bonds. The van der Waals surface area contributed by atoms with Crippen molar-refractivity contribution in [3.05, 3.63) is 41.1 Å². The summed E-state index contributed by atoms with van der Waals surface area (Å²) in [5, 5.41) is 3.58. The molecule has 3 rings (SSSR count). The number of aromatic nitrogens is 1. The zero-order valence-corrected chi connectivity index (χ0v) is 25.5. The molecule has 9 heteroatoms. The summed E-state index contributed by atoms with van der Waals surface area (Å²) in [4.78, 5) is 17.3. The third kappa shape index (κ3) is 6.79. The van der Waals surface area contributed by atoms with Crippen LogP contribution in [0.5, 0.6) is 0 Å². The fraction of sp³-hybridized carbons (Fsp3) is 0.679. The standard InChI is InChI=1S/C28H48N4O4S/c1-20-12-13-21(2)32(20)25-16-24(34-9)23(17-29-25)30-14-15-31(26(33)36-27(3,4)5)22(18-30)19-35-37(10,11)28(6,7)8/h12-13,16,22,29H,14-15,17-19H2,1-11H3. The van der Waals surface area contributed by atoms with Gasteiger partial charge in [0.1, 0.15) is 17.2 Å². The van der Waals surface area contributed by atoms with Crippen LogP contribution in [0.1, 0.15) is 52.9 Å². The van der Waals surface area contributed by atoms with Crippen LogP contribution in [0.15, 0.2) is 29.7 Å². The molecule has 0 radical (unpaired) electrons. The molecule has 37 heavy (non-hydrogen) atoms. The smallest absolute Gasteiger partial charge is 0.410 e. The Hall–Kier alpha value is -2.26. The minimum absolute atomic E-state index is 0.0348. The first-order valence-corrected chi connectivity index (χ1v) is 15.4. The van der Waals surface area contributed by atoms with Crippen LogP contribution in [-0.4, -0.2) is 89.3 Å². The maximum atomic E-state index is 13.2. The number of ether oxygens (including phenoxy) is 2. The fourth-order valence-electron chi connectivity index (χ4n) is 4.39. The van der Waals surface area contributed by atoms with Crippen molar-refractivity contribution in [1.82, 2.24) is 19.7 Å². The SMILES string of the molecule is COC1=C(N2CCN(C(=O)OC(C)(C)C)C(COS(C)(C)C(C)(C)C)C2)CNC(n2c(C)ccc2C)=C1. The number of aryl methyl sites for hydroxylation is 2. The molecule has 1 aromatic rings. The zero-order chi connectivity index (χ0) is 27.8. The Bertz CT molecular complexity index is 1030. The molecule has 1 atom stereocenters. The number of allylic oxidation sites excluding steroid dienone is 1. The molecule has 1 unspecified atom stereocenters. The number of carbonyl (C=O) groups is 1. The van der Waals surface area contributed by atoms with Gasteiger partial charge in [-0.15, -0.1) is 10.3 Å². The number of amides is 1. The lowest BCUT2D eigenvalue weighted by Crippen LogP contribution is -2.58. The number of hydrogen-bond donors (Lipinski definition) is 1. The van der Waals surface area contributed by atoms with Crippen LogP contribution >= 0.6 is 10.3 Å². The third-order valence-electron chi connectivity index (χ3n) is 7.24. The van der Waals surface area contributed by atoms with Crippen molar-refractivity contribution >= 4 is 22.2 Å². The number of methoxy groups -OCH3 is 1. The lowest BCUT2D eigenvalue weighted by atomic mass is 10.1. The van der Waals surface area contributed by atoms with E-state index in [1.54, 1.807) is 7.11 Å². The quantitative estimate of drug-likeness (QED) is 0.547. The highest BCUT2D eigenvalue weighted by molar-refractivity contribution is 8.29. The van der Waals surface area contributed by atoms with Gasteiger partial charge in [0, 0.05) is 41.8 Å². The molecule has 1 saturated heterocycles. The first-order valence-electron chi connectivity index (χ1n) is 13.0. The molecular weight excluding hydrogens is 488 g/mol. The van der Waals surface area contributed by atoms with E-state index in [2.05, 4.69) is 80.1 Å². The zero-order valence-electron chi connectivity index (χ0n) is 24.7. The van der Waals surface area contributed by atoms with Gasteiger partial charge >= 0.3 is 6.09 Å². The van der Waals surface area contributed by atoms with Gasteiger partial charge < -0.3 is 28.4 Å². The minimum atomic E-state index is -1.34. The van der Waals surface area contributed by atoms with E-state index in [9.17, 15) is 4.79 Å². The lowest BCUT2D eigenvalue weighted by molar-refractivity contribution is -0.00506. The Labute approximate surface area is 225 Å². The molecule has 0 bridgehead atoms. The molecule has 2 aliphatic rings. The van der Waals surface area contributed by atoms with E-state index in [0.29, 0.717) is 32.8 Å². The highest BCUT2D eigenvalue weighted by atomic mass is 32.3. The Morgan fingerprint density at radius 2 is 1.70 bits per heavy atom. The van der Waals surface area contributed by atoms with E-state index in [-0.39, 0.29) is 16.9 Å². The summed E-state index contributed by atoms with van der Waals surface area (Å²) >= 11 is 0. The number of nitrogens with zero attached hydrogens (tertiary/aromatic N) is 3. The van der Waals surface area contributed by atoms with Gasteiger partial charge in [0.25, 0.3) is 0 Å². The molecule has 210 valence electrons. The van der Waals surface area contributed by atoms with E-state index in [4.69, 9.17) is 13.7 Å². The highest BCUT2D eigenvalue weighted by Gasteiger charge is 2.37. The molecule has 1 aromatic heterocycles.